The van der Waals surface area contributed by atoms with Crippen molar-refractivity contribution in [3.05, 3.63) is 0 Å². The van der Waals surface area contributed by atoms with E-state index in [9.17, 15) is 0 Å². The molecule has 15 heavy (non-hydrogen) atoms. The Kier molecular flexibility index (Phi) is 4.23. The van der Waals surface area contributed by atoms with E-state index in [0.29, 0.717) is 11.3 Å². The highest BCUT2D eigenvalue weighted by Crippen LogP contribution is 2.29. The molecule has 1 aliphatic heterocycles. The number of hydrogen-bond donors (Lipinski definition) is 0. The van der Waals surface area contributed by atoms with Crippen LogP contribution in [-0.2, 0) is 4.74 Å². The van der Waals surface area contributed by atoms with Crippen molar-refractivity contribution < 1.29 is 4.74 Å². The lowest BCUT2D eigenvalue weighted by atomic mass is 9.88. The molecule has 1 saturated carbocycles. The van der Waals surface area contributed by atoms with Gasteiger partial charge in [-0.2, -0.15) is 0 Å². The summed E-state index contributed by atoms with van der Waals surface area (Å²) in [5.41, 5.74) is 0. The van der Waals surface area contributed by atoms with Crippen LogP contribution in [0.1, 0.15) is 25.7 Å². The van der Waals surface area contributed by atoms with Crippen molar-refractivity contribution in [3.63, 3.8) is 0 Å². The zero-order valence-corrected chi connectivity index (χ0v) is 10.5. The number of thiocarbonyl (C=S) groups is 1. The highest BCUT2D eigenvalue weighted by atomic mass is 35.5. The van der Waals surface area contributed by atoms with Crippen LogP contribution in [0.5, 0.6) is 0 Å². The van der Waals surface area contributed by atoms with Gasteiger partial charge < -0.3 is 9.64 Å². The lowest BCUT2D eigenvalue weighted by Gasteiger charge is -2.35. The van der Waals surface area contributed by atoms with Gasteiger partial charge in [0.1, 0.15) is 0 Å². The summed E-state index contributed by atoms with van der Waals surface area (Å²) < 4.78 is 5.33. The average Bonchev–Trinajstić information content (AvgIpc) is 2.30. The van der Waals surface area contributed by atoms with Gasteiger partial charge in [-0.15, -0.1) is 11.6 Å². The number of morpholine rings is 1. The predicted octanol–water partition coefficient (Wildman–Crippen LogP) is 2.44. The molecule has 2 fully saturated rings. The molecule has 0 unspecified atom stereocenters. The van der Waals surface area contributed by atoms with Crippen LogP contribution >= 0.6 is 23.8 Å². The third-order valence-electron chi connectivity index (χ3n) is 3.33. The molecule has 1 heterocycles. The van der Waals surface area contributed by atoms with Crippen molar-refractivity contribution >= 4 is 28.8 Å². The normalized spacial score (nSPS) is 32.7. The number of ether oxygens (including phenoxy) is 1. The van der Waals surface area contributed by atoms with Crippen molar-refractivity contribution in [1.29, 1.82) is 0 Å². The van der Waals surface area contributed by atoms with Gasteiger partial charge in [-0.1, -0.05) is 12.2 Å². The Labute approximate surface area is 102 Å². The van der Waals surface area contributed by atoms with Gasteiger partial charge in [-0.3, -0.25) is 0 Å². The Morgan fingerprint density at radius 2 is 1.73 bits per heavy atom. The third kappa shape index (κ3) is 3.05. The first-order chi connectivity index (χ1) is 7.27. The van der Waals surface area contributed by atoms with Gasteiger partial charge in [0.2, 0.25) is 0 Å². The number of nitrogens with zero attached hydrogens (tertiary/aromatic N) is 1. The van der Waals surface area contributed by atoms with E-state index in [1.165, 1.54) is 12.8 Å². The molecule has 0 bridgehead atoms. The van der Waals surface area contributed by atoms with E-state index in [0.717, 1.165) is 44.1 Å². The number of halogens is 1. The highest BCUT2D eigenvalue weighted by Gasteiger charge is 2.26. The van der Waals surface area contributed by atoms with Gasteiger partial charge in [-0.05, 0) is 25.7 Å². The van der Waals surface area contributed by atoms with Gasteiger partial charge in [0.05, 0.1) is 18.2 Å². The summed E-state index contributed by atoms with van der Waals surface area (Å²) in [7, 11) is 0. The lowest BCUT2D eigenvalue weighted by molar-refractivity contribution is 0.0665. The molecule has 0 aromatic heterocycles. The Balaban J connectivity index is 1.84. The minimum atomic E-state index is 0.383. The molecule has 0 atom stereocenters. The van der Waals surface area contributed by atoms with Crippen LogP contribution in [0.4, 0.5) is 0 Å². The number of hydrogen-bond acceptors (Lipinski definition) is 2. The zero-order valence-electron chi connectivity index (χ0n) is 8.95. The van der Waals surface area contributed by atoms with Crippen LogP contribution in [0.15, 0.2) is 0 Å². The van der Waals surface area contributed by atoms with Gasteiger partial charge in [0.25, 0.3) is 0 Å². The molecule has 0 aromatic rings. The first kappa shape index (κ1) is 11.6. The van der Waals surface area contributed by atoms with E-state index in [2.05, 4.69) is 4.90 Å². The molecule has 0 radical (unpaired) electrons. The third-order valence-corrected chi connectivity index (χ3v) is 4.36. The van der Waals surface area contributed by atoms with Crippen LogP contribution in [0.3, 0.4) is 0 Å². The second-order valence-electron chi connectivity index (χ2n) is 4.39. The molecule has 0 N–H and O–H groups in total. The predicted molar refractivity (Wildman–Crippen MR) is 66.6 cm³/mol. The smallest absolute Gasteiger partial charge is 0.0812 e. The first-order valence-electron chi connectivity index (χ1n) is 5.78. The Morgan fingerprint density at radius 1 is 1.13 bits per heavy atom. The van der Waals surface area contributed by atoms with Crippen molar-refractivity contribution in [2.75, 3.05) is 26.3 Å². The van der Waals surface area contributed by atoms with E-state index in [-0.39, 0.29) is 0 Å². The molecule has 2 aliphatic rings. The Bertz CT molecular complexity index is 223. The van der Waals surface area contributed by atoms with Crippen molar-refractivity contribution in [2.45, 2.75) is 31.1 Å². The van der Waals surface area contributed by atoms with Crippen LogP contribution in [0.2, 0.25) is 0 Å². The molecule has 4 heteroatoms. The summed E-state index contributed by atoms with van der Waals surface area (Å²) in [6.45, 7) is 3.59. The summed E-state index contributed by atoms with van der Waals surface area (Å²) in [6, 6.07) is 0. The monoisotopic (exact) mass is 247 g/mol. The first-order valence-corrected chi connectivity index (χ1v) is 6.62. The number of alkyl halides is 1. The topological polar surface area (TPSA) is 12.5 Å². The SMILES string of the molecule is S=C(C1CCC(Cl)CC1)N1CCOCC1. The molecule has 86 valence electrons. The Hall–Kier alpha value is 0.140. The molecule has 0 aromatic carbocycles. The van der Waals surface area contributed by atoms with E-state index in [1.54, 1.807) is 0 Å². The maximum absolute atomic E-state index is 6.10. The minimum absolute atomic E-state index is 0.383. The molecule has 2 nitrogen and oxygen atoms in total. The molecule has 2 rings (SSSR count). The maximum Gasteiger partial charge on any atom is 0.0812 e. The standard InChI is InChI=1S/C11H18ClNOS/c12-10-3-1-9(2-4-10)11(15)13-5-7-14-8-6-13/h9-10H,1-8H2. The van der Waals surface area contributed by atoms with Crippen LogP contribution < -0.4 is 0 Å². The quantitative estimate of drug-likeness (QED) is 0.522. The van der Waals surface area contributed by atoms with Gasteiger partial charge >= 0.3 is 0 Å². The van der Waals surface area contributed by atoms with Gasteiger partial charge in [0, 0.05) is 24.4 Å². The second kappa shape index (κ2) is 5.46. The van der Waals surface area contributed by atoms with Crippen LogP contribution in [0.25, 0.3) is 0 Å². The summed E-state index contributed by atoms with van der Waals surface area (Å²) in [5.74, 6) is 0.591. The van der Waals surface area contributed by atoms with Gasteiger partial charge in [0.15, 0.2) is 0 Å². The largest absolute Gasteiger partial charge is 0.378 e. The summed E-state index contributed by atoms with van der Waals surface area (Å²) in [4.78, 5) is 3.47. The molecular weight excluding hydrogens is 230 g/mol. The molecular formula is C11H18ClNOS. The van der Waals surface area contributed by atoms with Crippen LogP contribution in [0, 0.1) is 5.92 Å². The number of rotatable bonds is 1. The maximum atomic E-state index is 6.10. The van der Waals surface area contributed by atoms with Gasteiger partial charge in [-0.25, -0.2) is 0 Å². The Morgan fingerprint density at radius 3 is 2.33 bits per heavy atom. The molecule has 1 aliphatic carbocycles. The van der Waals surface area contributed by atoms with E-state index >= 15 is 0 Å². The summed E-state index contributed by atoms with van der Waals surface area (Å²) >= 11 is 11.7. The van der Waals surface area contributed by atoms with E-state index in [4.69, 9.17) is 28.6 Å². The average molecular weight is 248 g/mol. The fourth-order valence-corrected chi connectivity index (χ4v) is 3.01. The minimum Gasteiger partial charge on any atom is -0.378 e. The summed E-state index contributed by atoms with van der Waals surface area (Å²) in [5, 5.41) is 0.383. The lowest BCUT2D eigenvalue weighted by Crippen LogP contribution is -2.43. The fourth-order valence-electron chi connectivity index (χ4n) is 2.34. The van der Waals surface area contributed by atoms with E-state index in [1.807, 2.05) is 0 Å². The molecule has 0 amide bonds. The second-order valence-corrected chi connectivity index (χ2v) is 5.42. The molecule has 1 saturated heterocycles. The fraction of sp³-hybridized carbons (Fsp3) is 0.909. The summed E-state index contributed by atoms with van der Waals surface area (Å²) in [6.07, 6.45) is 4.59. The molecule has 0 spiro atoms. The van der Waals surface area contributed by atoms with Crippen LogP contribution in [-0.4, -0.2) is 41.6 Å². The van der Waals surface area contributed by atoms with E-state index < -0.39 is 0 Å². The highest BCUT2D eigenvalue weighted by molar-refractivity contribution is 7.80. The van der Waals surface area contributed by atoms with Crippen molar-refractivity contribution in [3.8, 4) is 0 Å². The zero-order chi connectivity index (χ0) is 10.7. The van der Waals surface area contributed by atoms with Crippen molar-refractivity contribution in [1.82, 2.24) is 4.90 Å². The van der Waals surface area contributed by atoms with Crippen molar-refractivity contribution in [2.24, 2.45) is 5.92 Å².